The molecule has 1 aliphatic heterocycles. The second kappa shape index (κ2) is 21.1. The number of fused-ring (bicyclic) bond motifs is 10. The van der Waals surface area contributed by atoms with Crippen LogP contribution >= 0.6 is 0 Å². The molecule has 0 bridgehead atoms. The molecule has 5 nitrogen and oxygen atoms in total. The van der Waals surface area contributed by atoms with E-state index >= 15 is 0 Å². The molecule has 12 aromatic rings. The number of anilines is 2. The van der Waals surface area contributed by atoms with Gasteiger partial charge in [0.15, 0.2) is 0 Å². The van der Waals surface area contributed by atoms with Crippen LogP contribution in [-0.2, 0) is 48.1 Å². The first kappa shape index (κ1) is 58.3. The number of pyridine rings is 1. The van der Waals surface area contributed by atoms with Gasteiger partial charge in [0.1, 0.15) is 5.82 Å². The number of ether oxygens (including phenoxy) is 1. The first-order valence-electron chi connectivity index (χ1n) is 30.2. The maximum Gasteiger partial charge on any atom is 0.135 e. The molecule has 0 atom stereocenters. The van der Waals surface area contributed by atoms with E-state index in [0.717, 1.165) is 66.4 Å². The van der Waals surface area contributed by atoms with Crippen LogP contribution in [0.5, 0.6) is 11.5 Å². The summed E-state index contributed by atoms with van der Waals surface area (Å²) in [5.41, 5.74) is 16.9. The first-order valence-corrected chi connectivity index (χ1v) is 30.2. The van der Waals surface area contributed by atoms with Crippen molar-refractivity contribution >= 4 is 76.5 Å². The van der Waals surface area contributed by atoms with Crippen LogP contribution in [0.25, 0.3) is 93.2 Å². The molecule has 0 unspecified atom stereocenters. The molecule has 1 aliphatic rings. The predicted molar refractivity (Wildman–Crippen MR) is 361 cm³/mol. The molecule has 6 heteroatoms. The van der Waals surface area contributed by atoms with Gasteiger partial charge in [0.05, 0.1) is 0 Å². The van der Waals surface area contributed by atoms with Gasteiger partial charge in [-0.1, -0.05) is 236 Å². The smallest absolute Gasteiger partial charge is 0.135 e. The van der Waals surface area contributed by atoms with Gasteiger partial charge in [0.25, 0.3) is 0 Å². The minimum Gasteiger partial charge on any atom is -0.509 e. The van der Waals surface area contributed by atoms with Gasteiger partial charge in [-0.2, -0.15) is 12.1 Å². The largest absolute Gasteiger partial charge is 0.509 e. The van der Waals surface area contributed by atoms with Crippen molar-refractivity contribution in [2.24, 2.45) is 0 Å². The van der Waals surface area contributed by atoms with Crippen LogP contribution in [0.2, 0.25) is 0 Å². The average Bonchev–Trinajstić information content (AvgIpc) is 1.79. The number of nitrogens with zero attached hydrogens (tertiary/aromatic N) is 4. The number of hydrogen-bond acceptors (Lipinski definition) is 3. The number of para-hydroxylation sites is 3. The Labute approximate surface area is 523 Å². The summed E-state index contributed by atoms with van der Waals surface area (Å²) in [6.07, 6.45) is 1.91. The van der Waals surface area contributed by atoms with Crippen molar-refractivity contribution in [3.8, 4) is 39.6 Å². The summed E-state index contributed by atoms with van der Waals surface area (Å²) >= 11 is 0. The SMILES string of the molecule is CC(C)(C)c1cc(-c2cc(C(C)(C)C)cc(C(C)(C)C)c2)cc(-c2cccc3c4ccccc4c4ccc(C(C)(C)C)cc4c4cccc5c4n(c23)[CH-]N5c2[c-]c(Oc3[c-]c4c(cc3)c3ccccc3n4-c3cc(C(C)(C)C)ccn3)ccc2)c1.[Pt]. The molecule has 3 aromatic heterocycles. The van der Waals surface area contributed by atoms with Crippen LogP contribution in [0.15, 0.2) is 188 Å². The zero-order chi connectivity index (χ0) is 59.7. The van der Waals surface area contributed by atoms with Crippen molar-refractivity contribution in [2.45, 2.75) is 131 Å². The van der Waals surface area contributed by atoms with E-state index < -0.39 is 0 Å². The topological polar surface area (TPSA) is 35.2 Å². The van der Waals surface area contributed by atoms with E-state index in [4.69, 9.17) is 9.72 Å². The quantitative estimate of drug-likeness (QED) is 0.156. The van der Waals surface area contributed by atoms with E-state index in [0.29, 0.717) is 11.5 Å². The summed E-state index contributed by atoms with van der Waals surface area (Å²) < 4.78 is 11.6. The standard InChI is InChI=1S/C80H77N4O.Pt/c1-76(2,3)53-33-35-64-62-25-16-17-26-63(62)67-29-21-28-61(52-39-50(40-55(43-52)78(7,8)9)51-41-56(79(10,11)12)44-57(42-51)80(13,14)15)74(67)83-49-82(71-32-22-30-68(75(71)83)69(64)45-53)58-23-20-24-59(47-58)85-60-34-36-66-65-27-18-19-31-70(65)84(72(66)48-60)73-46-54(37-38-81-73)77(4,5)6;/h16-46,49H,1-15H3;/q-3;. The maximum atomic E-state index is 6.89. The molecule has 436 valence electrons. The van der Waals surface area contributed by atoms with Crippen LogP contribution < -0.4 is 9.64 Å². The van der Waals surface area contributed by atoms with Crippen molar-refractivity contribution < 1.29 is 25.8 Å². The van der Waals surface area contributed by atoms with Gasteiger partial charge in [-0.3, -0.25) is 0 Å². The third-order valence-electron chi connectivity index (χ3n) is 17.4. The Morgan fingerprint density at radius 3 is 1.59 bits per heavy atom. The Hall–Kier alpha value is -8.11. The fourth-order valence-corrected chi connectivity index (χ4v) is 12.4. The van der Waals surface area contributed by atoms with Crippen LogP contribution in [0, 0.1) is 18.8 Å². The Morgan fingerprint density at radius 1 is 0.395 bits per heavy atom. The molecule has 0 fully saturated rings. The Balaban J connectivity index is 0.00000724. The average molecular weight is 1310 g/mol. The van der Waals surface area contributed by atoms with E-state index in [2.05, 4.69) is 307 Å². The number of rotatable bonds is 6. The van der Waals surface area contributed by atoms with Crippen LogP contribution in [-0.4, -0.2) is 14.1 Å². The van der Waals surface area contributed by atoms with Crippen molar-refractivity contribution in [3.63, 3.8) is 0 Å². The fourth-order valence-electron chi connectivity index (χ4n) is 12.4. The molecule has 0 radical (unpaired) electrons. The van der Waals surface area contributed by atoms with E-state index in [-0.39, 0.29) is 48.1 Å². The second-order valence-electron chi connectivity index (χ2n) is 28.7. The van der Waals surface area contributed by atoms with Crippen molar-refractivity contribution in [1.29, 1.82) is 0 Å². The van der Waals surface area contributed by atoms with E-state index in [1.807, 2.05) is 18.3 Å². The number of aromatic nitrogens is 3. The first-order chi connectivity index (χ1) is 40.3. The predicted octanol–water partition coefficient (Wildman–Crippen LogP) is 22.0. The van der Waals surface area contributed by atoms with E-state index in [1.54, 1.807) is 0 Å². The van der Waals surface area contributed by atoms with Gasteiger partial charge in [0.2, 0.25) is 0 Å². The molecule has 0 saturated carbocycles. The minimum absolute atomic E-state index is 0. The summed E-state index contributed by atoms with van der Waals surface area (Å²) in [6.45, 7) is 36.9. The zero-order valence-corrected chi connectivity index (χ0v) is 54.8. The number of hydrogen-bond donors (Lipinski definition) is 0. The molecule has 13 rings (SSSR count). The van der Waals surface area contributed by atoms with Crippen molar-refractivity contribution in [3.05, 3.63) is 235 Å². The zero-order valence-electron chi connectivity index (χ0n) is 52.5. The molecule has 0 spiro atoms. The molecule has 0 N–H and O–H groups in total. The Kier molecular flexibility index (Phi) is 14.3. The number of benzene rings is 9. The van der Waals surface area contributed by atoms with Gasteiger partial charge in [-0.25, -0.2) is 4.98 Å². The van der Waals surface area contributed by atoms with Crippen molar-refractivity contribution in [2.75, 3.05) is 4.90 Å². The van der Waals surface area contributed by atoms with Crippen LogP contribution in [0.3, 0.4) is 0 Å². The van der Waals surface area contributed by atoms with Gasteiger partial charge < -0.3 is 18.8 Å². The van der Waals surface area contributed by atoms with Gasteiger partial charge >= 0.3 is 0 Å². The third-order valence-corrected chi connectivity index (χ3v) is 17.4. The summed E-state index contributed by atoms with van der Waals surface area (Å²) in [5.74, 6) is 2.02. The normalized spacial score (nSPS) is 13.0. The molecule has 0 saturated heterocycles. The third kappa shape index (κ3) is 10.4. The van der Waals surface area contributed by atoms with Crippen molar-refractivity contribution in [1.82, 2.24) is 14.1 Å². The summed E-state index contributed by atoms with van der Waals surface area (Å²) in [7, 11) is 0. The molecule has 86 heavy (non-hydrogen) atoms. The second-order valence-corrected chi connectivity index (χ2v) is 28.7. The summed E-state index contributed by atoms with van der Waals surface area (Å²) in [4.78, 5) is 7.23. The Morgan fingerprint density at radius 2 is 0.919 bits per heavy atom. The molecule has 0 amide bonds. The summed E-state index contributed by atoms with van der Waals surface area (Å²) in [5, 5.41) is 9.30. The minimum atomic E-state index is -0.143. The molecule has 9 aromatic carbocycles. The van der Waals surface area contributed by atoms with Gasteiger partial charge in [-0.05, 0) is 163 Å². The fraction of sp³-hybridized carbons (Fsp3) is 0.250. The molecular weight excluding hydrogens is 1230 g/mol. The molecule has 4 heterocycles. The van der Waals surface area contributed by atoms with Gasteiger partial charge in [-0.15, -0.1) is 35.7 Å². The van der Waals surface area contributed by atoms with Gasteiger partial charge in [0, 0.05) is 50.0 Å². The monoisotopic (exact) mass is 1300 g/mol. The molecular formula is C80H77N4OPt-3. The van der Waals surface area contributed by atoms with Crippen LogP contribution in [0.4, 0.5) is 11.4 Å². The Bertz CT molecular complexity index is 4720. The summed E-state index contributed by atoms with van der Waals surface area (Å²) in [6, 6.07) is 75.2. The maximum absolute atomic E-state index is 6.89. The van der Waals surface area contributed by atoms with Crippen LogP contribution in [0.1, 0.15) is 132 Å². The molecule has 0 aliphatic carbocycles. The van der Waals surface area contributed by atoms with E-state index in [1.165, 1.54) is 66.1 Å². The van der Waals surface area contributed by atoms with E-state index in [9.17, 15) is 0 Å².